The van der Waals surface area contributed by atoms with Crippen LogP contribution in [0.15, 0.2) is 18.2 Å². The number of anilines is 1. The summed E-state index contributed by atoms with van der Waals surface area (Å²) in [6.45, 7) is 3.77. The van der Waals surface area contributed by atoms with Crippen LogP contribution in [-0.2, 0) is 11.3 Å². The third kappa shape index (κ3) is 3.94. The van der Waals surface area contributed by atoms with Gasteiger partial charge in [0.2, 0.25) is 0 Å². The molecule has 1 fully saturated rings. The van der Waals surface area contributed by atoms with Gasteiger partial charge >= 0.3 is 0 Å². The minimum absolute atomic E-state index is 0.715. The van der Waals surface area contributed by atoms with Gasteiger partial charge in [0.15, 0.2) is 0 Å². The van der Waals surface area contributed by atoms with E-state index in [9.17, 15) is 0 Å². The second-order valence-electron chi connectivity index (χ2n) is 4.91. The van der Waals surface area contributed by atoms with Crippen molar-refractivity contribution in [2.75, 3.05) is 32.2 Å². The van der Waals surface area contributed by atoms with Crippen LogP contribution >= 0.6 is 0 Å². The van der Waals surface area contributed by atoms with Crippen LogP contribution in [0.2, 0.25) is 0 Å². The van der Waals surface area contributed by atoms with Gasteiger partial charge in [0.05, 0.1) is 5.69 Å². The largest absolute Gasteiger partial charge is 0.381 e. The van der Waals surface area contributed by atoms with E-state index in [1.165, 1.54) is 12.8 Å². The molecule has 100 valence electrons. The maximum atomic E-state index is 5.38. The summed E-state index contributed by atoms with van der Waals surface area (Å²) in [4.78, 5) is 6.74. The van der Waals surface area contributed by atoms with Crippen LogP contribution in [0, 0.1) is 5.92 Å². The van der Waals surface area contributed by atoms with Gasteiger partial charge in [0.1, 0.15) is 5.82 Å². The van der Waals surface area contributed by atoms with E-state index in [4.69, 9.17) is 10.6 Å². The second kappa shape index (κ2) is 6.68. The van der Waals surface area contributed by atoms with E-state index in [2.05, 4.69) is 22.4 Å². The Balaban J connectivity index is 1.83. The van der Waals surface area contributed by atoms with Crippen molar-refractivity contribution in [3.8, 4) is 0 Å². The molecule has 5 nitrogen and oxygen atoms in total. The second-order valence-corrected chi connectivity index (χ2v) is 4.91. The summed E-state index contributed by atoms with van der Waals surface area (Å²) in [5, 5.41) is 0. The molecule has 1 aliphatic heterocycles. The highest BCUT2D eigenvalue weighted by atomic mass is 16.5. The van der Waals surface area contributed by atoms with Crippen LogP contribution in [0.3, 0.4) is 0 Å². The first kappa shape index (κ1) is 13.3. The molecule has 0 aliphatic carbocycles. The van der Waals surface area contributed by atoms with Gasteiger partial charge in [-0.2, -0.15) is 0 Å². The van der Waals surface area contributed by atoms with Gasteiger partial charge in [-0.3, -0.25) is 0 Å². The first-order valence-corrected chi connectivity index (χ1v) is 6.47. The highest BCUT2D eigenvalue weighted by Crippen LogP contribution is 2.16. The van der Waals surface area contributed by atoms with Gasteiger partial charge in [0, 0.05) is 26.3 Å². The Labute approximate surface area is 108 Å². The molecular formula is C13H22N4O. The van der Waals surface area contributed by atoms with E-state index in [1.807, 2.05) is 18.2 Å². The number of nitrogens with two attached hydrogens (primary N) is 1. The van der Waals surface area contributed by atoms with Gasteiger partial charge < -0.3 is 15.1 Å². The molecule has 5 heteroatoms. The molecule has 2 rings (SSSR count). The van der Waals surface area contributed by atoms with E-state index in [0.717, 1.165) is 37.9 Å². The third-order valence-corrected chi connectivity index (χ3v) is 3.30. The van der Waals surface area contributed by atoms with Crippen LogP contribution in [0.5, 0.6) is 0 Å². The molecule has 0 spiro atoms. The van der Waals surface area contributed by atoms with E-state index in [1.54, 1.807) is 0 Å². The Hall–Kier alpha value is -1.17. The topological polar surface area (TPSA) is 63.4 Å². The molecule has 1 saturated heterocycles. The van der Waals surface area contributed by atoms with Crippen molar-refractivity contribution in [1.82, 2.24) is 9.88 Å². The van der Waals surface area contributed by atoms with Gasteiger partial charge in [-0.15, -0.1) is 0 Å². The Kier molecular flexibility index (Phi) is 4.92. The number of nitrogens with one attached hydrogen (secondary N) is 1. The van der Waals surface area contributed by atoms with Crippen molar-refractivity contribution in [2.45, 2.75) is 19.4 Å². The average Bonchev–Trinajstić information content (AvgIpc) is 2.40. The van der Waals surface area contributed by atoms with Crippen LogP contribution in [0.1, 0.15) is 18.5 Å². The van der Waals surface area contributed by atoms with Crippen LogP contribution in [-0.4, -0.2) is 36.7 Å². The molecule has 0 radical (unpaired) electrons. The van der Waals surface area contributed by atoms with Crippen LogP contribution in [0.4, 0.5) is 5.82 Å². The lowest BCUT2D eigenvalue weighted by Crippen LogP contribution is -2.29. The lowest BCUT2D eigenvalue weighted by molar-refractivity contribution is 0.0548. The van der Waals surface area contributed by atoms with Crippen LogP contribution < -0.4 is 11.3 Å². The van der Waals surface area contributed by atoms with Crippen molar-refractivity contribution in [3.05, 3.63) is 23.9 Å². The van der Waals surface area contributed by atoms with Gasteiger partial charge in [0.25, 0.3) is 0 Å². The Bertz CT molecular complexity index is 366. The van der Waals surface area contributed by atoms with Gasteiger partial charge in [-0.1, -0.05) is 6.07 Å². The molecule has 2 heterocycles. The summed E-state index contributed by atoms with van der Waals surface area (Å²) >= 11 is 0. The molecule has 0 saturated carbocycles. The minimum Gasteiger partial charge on any atom is -0.381 e. The molecule has 3 N–H and O–H groups in total. The fraction of sp³-hybridized carbons (Fsp3) is 0.615. The predicted octanol–water partition coefficient (Wildman–Crippen LogP) is 1.23. The van der Waals surface area contributed by atoms with Gasteiger partial charge in [-0.25, -0.2) is 10.8 Å². The number of rotatable bonds is 5. The Morgan fingerprint density at radius 1 is 1.44 bits per heavy atom. The van der Waals surface area contributed by atoms with E-state index in [0.29, 0.717) is 5.82 Å². The summed E-state index contributed by atoms with van der Waals surface area (Å²) in [6, 6.07) is 5.86. The number of hydrazine groups is 1. The monoisotopic (exact) mass is 250 g/mol. The maximum absolute atomic E-state index is 5.38. The summed E-state index contributed by atoms with van der Waals surface area (Å²) in [6.07, 6.45) is 2.34. The Morgan fingerprint density at radius 2 is 2.22 bits per heavy atom. The zero-order chi connectivity index (χ0) is 12.8. The van der Waals surface area contributed by atoms with Crippen molar-refractivity contribution in [1.29, 1.82) is 0 Å². The Morgan fingerprint density at radius 3 is 2.94 bits per heavy atom. The minimum atomic E-state index is 0.715. The van der Waals surface area contributed by atoms with E-state index in [-0.39, 0.29) is 0 Å². The summed E-state index contributed by atoms with van der Waals surface area (Å²) in [7, 11) is 2.14. The molecular weight excluding hydrogens is 228 g/mol. The molecule has 0 atom stereocenters. The zero-order valence-corrected chi connectivity index (χ0v) is 10.9. The number of nitrogen functional groups attached to an aromatic ring is 1. The van der Waals surface area contributed by atoms with Crippen molar-refractivity contribution < 1.29 is 4.74 Å². The van der Waals surface area contributed by atoms with Crippen molar-refractivity contribution in [3.63, 3.8) is 0 Å². The molecule has 1 aromatic rings. The molecule has 0 amide bonds. The molecule has 18 heavy (non-hydrogen) atoms. The summed E-state index contributed by atoms with van der Waals surface area (Å²) in [5.74, 6) is 6.82. The molecule has 1 aliphatic rings. The number of ether oxygens (including phenoxy) is 1. The molecule has 1 aromatic heterocycles. The number of hydrogen-bond acceptors (Lipinski definition) is 5. The highest BCUT2D eigenvalue weighted by molar-refractivity contribution is 5.33. The van der Waals surface area contributed by atoms with E-state index < -0.39 is 0 Å². The third-order valence-electron chi connectivity index (χ3n) is 3.30. The predicted molar refractivity (Wildman–Crippen MR) is 71.9 cm³/mol. The van der Waals surface area contributed by atoms with Crippen molar-refractivity contribution in [2.24, 2.45) is 11.8 Å². The standard InChI is InChI=1S/C13H22N4O/c1-17(9-11-5-7-18-8-6-11)10-12-3-2-4-13(15-12)16-14/h2-4,11H,5-10,14H2,1H3,(H,15,16). The summed E-state index contributed by atoms with van der Waals surface area (Å²) < 4.78 is 5.38. The summed E-state index contributed by atoms with van der Waals surface area (Å²) in [5.41, 5.74) is 3.62. The average molecular weight is 250 g/mol. The SMILES string of the molecule is CN(Cc1cccc(NN)n1)CC1CCOCC1. The quantitative estimate of drug-likeness (QED) is 0.608. The molecule has 0 bridgehead atoms. The first-order chi connectivity index (χ1) is 8.78. The number of pyridine rings is 1. The highest BCUT2D eigenvalue weighted by Gasteiger charge is 2.15. The first-order valence-electron chi connectivity index (χ1n) is 6.47. The molecule has 0 aromatic carbocycles. The fourth-order valence-corrected chi connectivity index (χ4v) is 2.36. The number of nitrogens with zero attached hydrogens (tertiary/aromatic N) is 2. The fourth-order valence-electron chi connectivity index (χ4n) is 2.36. The molecule has 0 unspecified atom stereocenters. The number of aromatic nitrogens is 1. The van der Waals surface area contributed by atoms with Crippen molar-refractivity contribution >= 4 is 5.82 Å². The number of hydrogen-bond donors (Lipinski definition) is 2. The lowest BCUT2D eigenvalue weighted by atomic mass is 10.00. The smallest absolute Gasteiger partial charge is 0.140 e. The zero-order valence-electron chi connectivity index (χ0n) is 10.9. The van der Waals surface area contributed by atoms with E-state index >= 15 is 0 Å². The lowest BCUT2D eigenvalue weighted by Gasteiger charge is -2.26. The van der Waals surface area contributed by atoms with Gasteiger partial charge in [-0.05, 0) is 37.9 Å². The van der Waals surface area contributed by atoms with Crippen LogP contribution in [0.25, 0.3) is 0 Å². The maximum Gasteiger partial charge on any atom is 0.140 e. The normalized spacial score (nSPS) is 17.1.